The Bertz CT molecular complexity index is 635. The largest absolute Gasteiger partial charge is 0.454 e. The number of nitro benzene ring substituents is 1. The van der Waals surface area contributed by atoms with Gasteiger partial charge in [-0.05, 0) is 6.07 Å². The van der Waals surface area contributed by atoms with Gasteiger partial charge in [0.05, 0.1) is 16.6 Å². The molecule has 21 heavy (non-hydrogen) atoms. The Morgan fingerprint density at radius 3 is 2.62 bits per heavy atom. The van der Waals surface area contributed by atoms with Crippen molar-refractivity contribution >= 4 is 11.8 Å². The number of carbonyl (C=O) groups excluding carboxylic acids is 1. The maximum atomic E-state index is 13.9. The average molecular weight is 302 g/mol. The highest BCUT2D eigenvalue weighted by atomic mass is 19.3. The van der Waals surface area contributed by atoms with Crippen molar-refractivity contribution in [3.8, 4) is 11.5 Å². The number of benzene rings is 1. The Labute approximate surface area is 115 Å². The lowest BCUT2D eigenvalue weighted by Crippen LogP contribution is -2.49. The molecule has 0 aliphatic carbocycles. The van der Waals surface area contributed by atoms with Crippen LogP contribution >= 0.6 is 0 Å². The third kappa shape index (κ3) is 2.18. The van der Waals surface area contributed by atoms with Crippen LogP contribution in [-0.2, 0) is 4.74 Å². The molecule has 2 aliphatic rings. The first-order valence-corrected chi connectivity index (χ1v) is 5.77. The number of cyclic esters (lactones) is 1. The van der Waals surface area contributed by atoms with E-state index in [0.717, 1.165) is 12.1 Å². The van der Waals surface area contributed by atoms with Crippen molar-refractivity contribution in [2.24, 2.45) is 0 Å². The van der Waals surface area contributed by atoms with Crippen molar-refractivity contribution in [2.45, 2.75) is 12.0 Å². The number of nitrogens with zero attached hydrogens (tertiary/aromatic N) is 1. The fourth-order valence-corrected chi connectivity index (χ4v) is 2.15. The number of fused-ring (bicyclic) bond motifs is 1. The maximum absolute atomic E-state index is 13.9. The molecule has 1 aromatic carbocycles. The van der Waals surface area contributed by atoms with Gasteiger partial charge in [0, 0.05) is 0 Å². The molecular weight excluding hydrogens is 294 g/mol. The fraction of sp³-hybridized carbons (Fsp3) is 0.364. The van der Waals surface area contributed by atoms with Crippen LogP contribution in [0.2, 0.25) is 0 Å². The molecular formula is C11H8F2N2O6. The smallest absolute Gasteiger partial charge is 0.408 e. The number of amides is 1. The van der Waals surface area contributed by atoms with Crippen LogP contribution in [-0.4, -0.2) is 30.3 Å². The Morgan fingerprint density at radius 1 is 1.29 bits per heavy atom. The van der Waals surface area contributed by atoms with Gasteiger partial charge >= 0.3 is 12.0 Å². The Hall–Kier alpha value is -2.65. The fourth-order valence-electron chi connectivity index (χ4n) is 2.15. The summed E-state index contributed by atoms with van der Waals surface area (Å²) in [5.74, 6) is -3.30. The van der Waals surface area contributed by atoms with Crippen LogP contribution in [0.1, 0.15) is 11.6 Å². The van der Waals surface area contributed by atoms with Crippen LogP contribution in [0.15, 0.2) is 12.1 Å². The SMILES string of the molecule is O=C1N[C@H](c2cc3c(cc2[N+](=O)[O-])OCO3)C(F)(F)CO1. The van der Waals surface area contributed by atoms with Crippen molar-refractivity contribution in [3.05, 3.63) is 27.8 Å². The van der Waals surface area contributed by atoms with Gasteiger partial charge < -0.3 is 19.5 Å². The van der Waals surface area contributed by atoms with E-state index >= 15 is 0 Å². The van der Waals surface area contributed by atoms with E-state index in [-0.39, 0.29) is 23.9 Å². The molecule has 0 spiro atoms. The van der Waals surface area contributed by atoms with Crippen LogP contribution in [0.5, 0.6) is 11.5 Å². The lowest BCUT2D eigenvalue weighted by molar-refractivity contribution is -0.386. The van der Waals surface area contributed by atoms with E-state index in [1.807, 2.05) is 5.32 Å². The molecule has 3 rings (SSSR count). The molecule has 1 amide bonds. The molecule has 1 N–H and O–H groups in total. The van der Waals surface area contributed by atoms with Crippen LogP contribution in [0.25, 0.3) is 0 Å². The predicted octanol–water partition coefficient (Wildman–Crippen LogP) is 1.74. The second kappa shape index (κ2) is 4.43. The highest BCUT2D eigenvalue weighted by Gasteiger charge is 2.49. The number of alkyl halides is 2. The number of ether oxygens (including phenoxy) is 3. The molecule has 10 heteroatoms. The summed E-state index contributed by atoms with van der Waals surface area (Å²) in [6.07, 6.45) is -1.07. The molecule has 1 aromatic rings. The van der Waals surface area contributed by atoms with Crippen LogP contribution < -0.4 is 14.8 Å². The van der Waals surface area contributed by atoms with Gasteiger partial charge in [0.1, 0.15) is 6.04 Å². The molecule has 0 aromatic heterocycles. The zero-order valence-corrected chi connectivity index (χ0v) is 10.3. The summed E-state index contributed by atoms with van der Waals surface area (Å²) in [6, 6.07) is 0.189. The predicted molar refractivity (Wildman–Crippen MR) is 61.4 cm³/mol. The van der Waals surface area contributed by atoms with Gasteiger partial charge in [-0.15, -0.1) is 0 Å². The molecule has 0 bridgehead atoms. The number of halogens is 2. The summed E-state index contributed by atoms with van der Waals surface area (Å²) in [7, 11) is 0. The van der Waals surface area contributed by atoms with E-state index in [0.29, 0.717) is 0 Å². The minimum absolute atomic E-state index is 0.0900. The highest BCUT2D eigenvalue weighted by molar-refractivity contribution is 5.70. The van der Waals surface area contributed by atoms with Gasteiger partial charge in [-0.1, -0.05) is 0 Å². The molecule has 2 heterocycles. The van der Waals surface area contributed by atoms with E-state index in [1.165, 1.54) is 0 Å². The lowest BCUT2D eigenvalue weighted by Gasteiger charge is -2.31. The van der Waals surface area contributed by atoms with Crippen LogP contribution in [0.3, 0.4) is 0 Å². The number of carbonyl (C=O) groups is 1. The van der Waals surface area contributed by atoms with E-state index in [1.54, 1.807) is 0 Å². The van der Waals surface area contributed by atoms with E-state index in [2.05, 4.69) is 4.74 Å². The number of rotatable bonds is 2. The van der Waals surface area contributed by atoms with E-state index in [9.17, 15) is 23.7 Å². The van der Waals surface area contributed by atoms with Gasteiger partial charge in [-0.3, -0.25) is 10.1 Å². The van der Waals surface area contributed by atoms with Gasteiger partial charge in [0.15, 0.2) is 18.1 Å². The summed E-state index contributed by atoms with van der Waals surface area (Å²) in [5.41, 5.74) is -0.961. The Morgan fingerprint density at radius 2 is 1.95 bits per heavy atom. The second-order valence-electron chi connectivity index (χ2n) is 4.44. The monoisotopic (exact) mass is 302 g/mol. The summed E-state index contributed by atoms with van der Waals surface area (Å²) in [4.78, 5) is 21.4. The average Bonchev–Trinajstić information content (AvgIpc) is 2.87. The molecule has 112 valence electrons. The Balaban J connectivity index is 2.11. The van der Waals surface area contributed by atoms with Crippen molar-refractivity contribution in [3.63, 3.8) is 0 Å². The van der Waals surface area contributed by atoms with Crippen molar-refractivity contribution in [2.75, 3.05) is 13.4 Å². The molecule has 0 unspecified atom stereocenters. The molecule has 2 aliphatic heterocycles. The molecule has 1 fully saturated rings. The highest BCUT2D eigenvalue weighted by Crippen LogP contribution is 2.44. The molecule has 1 atom stereocenters. The van der Waals surface area contributed by atoms with Crippen LogP contribution in [0, 0.1) is 10.1 Å². The number of hydrogen-bond donors (Lipinski definition) is 1. The number of hydrogen-bond acceptors (Lipinski definition) is 6. The first-order valence-electron chi connectivity index (χ1n) is 5.77. The van der Waals surface area contributed by atoms with Gasteiger partial charge in [0.25, 0.3) is 5.69 Å². The van der Waals surface area contributed by atoms with Crippen LogP contribution in [0.4, 0.5) is 19.3 Å². The van der Waals surface area contributed by atoms with Crippen molar-refractivity contribution in [1.82, 2.24) is 5.32 Å². The van der Waals surface area contributed by atoms with Gasteiger partial charge in [0.2, 0.25) is 6.79 Å². The summed E-state index contributed by atoms with van der Waals surface area (Å²) in [5, 5.41) is 13.0. The van der Waals surface area contributed by atoms with E-state index in [4.69, 9.17) is 9.47 Å². The molecule has 0 saturated carbocycles. The normalized spacial score (nSPS) is 22.4. The lowest BCUT2D eigenvalue weighted by atomic mass is 9.97. The second-order valence-corrected chi connectivity index (χ2v) is 4.44. The topological polar surface area (TPSA) is 99.9 Å². The molecule has 8 nitrogen and oxygen atoms in total. The zero-order valence-electron chi connectivity index (χ0n) is 10.3. The standard InChI is InChI=1S/C11H8F2N2O6/c12-11(13)3-19-10(16)14-9(11)5-1-7-8(21-4-20-7)2-6(5)15(17)18/h1-2,9H,3-4H2,(H,14,16)/t9-/m1/s1. The van der Waals surface area contributed by atoms with Crippen molar-refractivity contribution in [1.29, 1.82) is 0 Å². The Kier molecular flexibility index (Phi) is 2.81. The molecule has 0 radical (unpaired) electrons. The first kappa shape index (κ1) is 13.3. The summed E-state index contributed by atoms with van der Waals surface area (Å²) < 4.78 is 42.0. The van der Waals surface area contributed by atoms with E-state index < -0.39 is 35.3 Å². The third-order valence-electron chi connectivity index (χ3n) is 3.11. The minimum atomic E-state index is -3.49. The third-order valence-corrected chi connectivity index (χ3v) is 3.11. The summed E-state index contributed by atoms with van der Waals surface area (Å²) in [6.45, 7) is -1.32. The maximum Gasteiger partial charge on any atom is 0.408 e. The minimum Gasteiger partial charge on any atom is -0.454 e. The molecule has 1 saturated heterocycles. The quantitative estimate of drug-likeness (QED) is 0.659. The first-order chi connectivity index (χ1) is 9.88. The number of nitrogens with one attached hydrogen (secondary N) is 1. The zero-order chi connectivity index (χ0) is 15.2. The van der Waals surface area contributed by atoms with Gasteiger partial charge in [-0.25, -0.2) is 13.6 Å². The number of nitro groups is 1. The van der Waals surface area contributed by atoms with Gasteiger partial charge in [-0.2, -0.15) is 0 Å². The van der Waals surface area contributed by atoms with Crippen molar-refractivity contribution < 1.29 is 32.7 Å². The summed E-state index contributed by atoms with van der Waals surface area (Å²) >= 11 is 0. The number of alkyl carbamates (subject to hydrolysis) is 1.